The van der Waals surface area contributed by atoms with Gasteiger partial charge in [-0.25, -0.2) is 8.78 Å². The van der Waals surface area contributed by atoms with Crippen molar-refractivity contribution in [1.29, 1.82) is 0 Å². The summed E-state index contributed by atoms with van der Waals surface area (Å²) in [6.07, 6.45) is -6.23. The second-order valence-corrected chi connectivity index (χ2v) is 10.5. The molecule has 0 aliphatic rings. The molecule has 0 unspecified atom stereocenters. The zero-order valence-corrected chi connectivity index (χ0v) is 13.6. The van der Waals surface area contributed by atoms with E-state index in [0.29, 0.717) is 5.19 Å². The third-order valence-electron chi connectivity index (χ3n) is 3.48. The van der Waals surface area contributed by atoms with Crippen molar-refractivity contribution in [2.45, 2.75) is 37.4 Å². The van der Waals surface area contributed by atoms with Crippen molar-refractivity contribution in [3.63, 3.8) is 0 Å². The van der Waals surface area contributed by atoms with Crippen LogP contribution in [0.3, 0.4) is 0 Å². The van der Waals surface area contributed by atoms with E-state index in [1.54, 1.807) is 6.07 Å². The largest absolute Gasteiger partial charge is 0.397 e. The normalized spacial score (nSPS) is 14.5. The van der Waals surface area contributed by atoms with Crippen LogP contribution in [-0.4, -0.2) is 43.6 Å². The lowest BCUT2D eigenvalue weighted by Crippen LogP contribution is -2.66. The number of hydroxylamine groups is 2. The number of alkyl halides is 8. The van der Waals surface area contributed by atoms with E-state index in [0.717, 1.165) is 0 Å². The number of benzene rings is 1. The molecule has 0 heterocycles. The van der Waals surface area contributed by atoms with Crippen molar-refractivity contribution in [2.24, 2.45) is 0 Å². The molecular formula is C13H14F8NOSi. The Balaban J connectivity index is 3.10. The van der Waals surface area contributed by atoms with E-state index in [2.05, 4.69) is 0 Å². The molecule has 0 spiro atoms. The zero-order valence-electron chi connectivity index (χ0n) is 12.6. The van der Waals surface area contributed by atoms with Crippen LogP contribution in [0.4, 0.5) is 35.1 Å². The Morgan fingerprint density at radius 3 is 1.88 bits per heavy atom. The summed E-state index contributed by atoms with van der Waals surface area (Å²) >= 11 is 0. The van der Waals surface area contributed by atoms with E-state index in [-0.39, 0.29) is 0 Å². The molecule has 0 N–H and O–H groups in total. The minimum Gasteiger partial charge on any atom is -0.203 e. The molecule has 0 amide bonds. The van der Waals surface area contributed by atoms with Crippen molar-refractivity contribution < 1.29 is 40.3 Å². The van der Waals surface area contributed by atoms with Crippen LogP contribution in [0.5, 0.6) is 0 Å². The van der Waals surface area contributed by atoms with Crippen molar-refractivity contribution in [2.75, 3.05) is 6.17 Å². The second-order valence-electron chi connectivity index (χ2n) is 5.83. The Morgan fingerprint density at radius 1 is 1.00 bits per heavy atom. The Bertz CT molecular complexity index is 552. The van der Waals surface area contributed by atoms with Crippen LogP contribution < -0.4 is 5.19 Å². The fourth-order valence-electron chi connectivity index (χ4n) is 1.93. The first-order chi connectivity index (χ1) is 10.7. The topological polar surface area (TPSA) is 23.1 Å². The van der Waals surface area contributed by atoms with Gasteiger partial charge < -0.3 is 0 Å². The summed E-state index contributed by atoms with van der Waals surface area (Å²) in [6.45, 7) is 2.76. The molecule has 0 aliphatic carbocycles. The first kappa shape index (κ1) is 20.8. The molecule has 0 aromatic heterocycles. The standard InChI is InChI=1S/C13H14F8NOSi/c1-24(2,9-6-4-3-5-7-9)8-22(23)13(20,21)12(18,19)11(16,17)10(14)15/h3-7,10H,8H2,1-2H3. The van der Waals surface area contributed by atoms with E-state index in [4.69, 9.17) is 0 Å². The predicted molar refractivity (Wildman–Crippen MR) is 71.8 cm³/mol. The van der Waals surface area contributed by atoms with Crippen molar-refractivity contribution >= 4 is 13.3 Å². The van der Waals surface area contributed by atoms with Crippen molar-refractivity contribution in [3.8, 4) is 0 Å². The maximum Gasteiger partial charge on any atom is 0.397 e. The monoisotopic (exact) mass is 380 g/mol. The highest BCUT2D eigenvalue weighted by molar-refractivity contribution is 6.89. The zero-order chi connectivity index (χ0) is 19.0. The van der Waals surface area contributed by atoms with Crippen LogP contribution >= 0.6 is 0 Å². The Labute approximate surface area is 133 Å². The molecule has 137 valence electrons. The molecule has 24 heavy (non-hydrogen) atoms. The second kappa shape index (κ2) is 6.60. The molecule has 1 aromatic rings. The van der Waals surface area contributed by atoms with E-state index >= 15 is 0 Å². The van der Waals surface area contributed by atoms with Gasteiger partial charge in [0, 0.05) is 6.17 Å². The summed E-state index contributed by atoms with van der Waals surface area (Å²) < 4.78 is 103. The predicted octanol–water partition coefficient (Wildman–Crippen LogP) is 3.92. The molecule has 0 bridgehead atoms. The summed E-state index contributed by atoms with van der Waals surface area (Å²) in [6, 6.07) is 1.60. The minimum atomic E-state index is -6.53. The fraction of sp³-hybridized carbons (Fsp3) is 0.538. The summed E-state index contributed by atoms with van der Waals surface area (Å²) in [5.74, 6) is -12.9. The van der Waals surface area contributed by atoms with Crippen molar-refractivity contribution in [3.05, 3.63) is 30.3 Å². The van der Waals surface area contributed by atoms with Gasteiger partial charge in [-0.1, -0.05) is 53.7 Å². The average molecular weight is 380 g/mol. The van der Waals surface area contributed by atoms with E-state index in [1.165, 1.54) is 37.4 Å². The van der Waals surface area contributed by atoms with Gasteiger partial charge in [-0.2, -0.15) is 26.3 Å². The lowest BCUT2D eigenvalue weighted by atomic mass is 10.1. The van der Waals surface area contributed by atoms with Gasteiger partial charge in [-0.15, -0.1) is 5.21 Å². The third-order valence-corrected chi connectivity index (χ3v) is 6.45. The van der Waals surface area contributed by atoms with Gasteiger partial charge in [0.1, 0.15) is 0 Å². The average Bonchev–Trinajstić information content (AvgIpc) is 2.47. The maximum absolute atomic E-state index is 13.6. The molecule has 0 aliphatic heterocycles. The van der Waals surface area contributed by atoms with Crippen LogP contribution in [0, 0.1) is 0 Å². The Kier molecular flexibility index (Phi) is 5.73. The molecule has 0 atom stereocenters. The third kappa shape index (κ3) is 3.57. The summed E-state index contributed by atoms with van der Waals surface area (Å²) in [5.41, 5.74) is 0. The Hall–Kier alpha value is -1.20. The molecule has 2 nitrogen and oxygen atoms in total. The number of hydrogen-bond donors (Lipinski definition) is 0. The molecule has 0 saturated heterocycles. The number of rotatable bonds is 7. The lowest BCUT2D eigenvalue weighted by molar-refractivity contribution is -0.430. The molecule has 0 saturated carbocycles. The van der Waals surface area contributed by atoms with Crippen molar-refractivity contribution in [1.82, 2.24) is 5.06 Å². The summed E-state index contributed by atoms with van der Waals surface area (Å²) in [5, 5.41) is 10.4. The van der Waals surface area contributed by atoms with Gasteiger partial charge >= 0.3 is 24.3 Å². The van der Waals surface area contributed by atoms with E-state index in [1.807, 2.05) is 0 Å². The van der Waals surface area contributed by atoms with Crippen LogP contribution in [0.2, 0.25) is 13.1 Å². The van der Waals surface area contributed by atoms with Gasteiger partial charge in [0.15, 0.2) is 0 Å². The highest BCUT2D eigenvalue weighted by Crippen LogP contribution is 2.49. The van der Waals surface area contributed by atoms with Crippen LogP contribution in [0.25, 0.3) is 0 Å². The maximum atomic E-state index is 13.6. The SMILES string of the molecule is C[Si](C)(CN([O])C(F)(F)C(F)(F)C(F)(F)C(F)F)c1ccccc1. The quantitative estimate of drug-likeness (QED) is 0.304. The molecule has 0 fully saturated rings. The van der Waals surface area contributed by atoms with E-state index < -0.39 is 43.6 Å². The number of hydrogen-bond acceptors (Lipinski definition) is 1. The van der Waals surface area contributed by atoms with E-state index in [9.17, 15) is 40.3 Å². The van der Waals surface area contributed by atoms with Gasteiger partial charge in [0.25, 0.3) is 0 Å². The molecule has 1 radical (unpaired) electrons. The number of halogens is 8. The fourth-order valence-corrected chi connectivity index (χ4v) is 4.13. The molecular weight excluding hydrogens is 366 g/mol. The molecule has 11 heteroatoms. The van der Waals surface area contributed by atoms with Gasteiger partial charge in [0.2, 0.25) is 0 Å². The first-order valence-corrected chi connectivity index (χ1v) is 9.80. The van der Waals surface area contributed by atoms with Gasteiger partial charge in [-0.05, 0) is 0 Å². The summed E-state index contributed by atoms with van der Waals surface area (Å²) in [7, 11) is -3.05. The highest BCUT2D eigenvalue weighted by Gasteiger charge is 2.78. The number of nitrogens with zero attached hydrogens (tertiary/aromatic N) is 1. The smallest absolute Gasteiger partial charge is 0.203 e. The van der Waals surface area contributed by atoms with Gasteiger partial charge in [-0.3, -0.25) is 0 Å². The Morgan fingerprint density at radius 2 is 1.46 bits per heavy atom. The lowest BCUT2D eigenvalue weighted by Gasteiger charge is -2.37. The first-order valence-electron chi connectivity index (χ1n) is 6.60. The highest BCUT2D eigenvalue weighted by atomic mass is 28.3. The molecule has 1 rings (SSSR count). The van der Waals surface area contributed by atoms with Crippen LogP contribution in [0.1, 0.15) is 0 Å². The van der Waals surface area contributed by atoms with Gasteiger partial charge in [0.05, 0.1) is 8.07 Å². The summed E-state index contributed by atoms with van der Waals surface area (Å²) in [4.78, 5) is 0. The van der Waals surface area contributed by atoms with Crippen LogP contribution in [-0.2, 0) is 5.21 Å². The minimum absolute atomic E-state index is 0.436. The molecule has 1 aromatic carbocycles. The van der Waals surface area contributed by atoms with Crippen LogP contribution in [0.15, 0.2) is 30.3 Å².